The van der Waals surface area contributed by atoms with Crippen LogP contribution in [0.25, 0.3) is 0 Å². The third-order valence-electron chi connectivity index (χ3n) is 5.44. The van der Waals surface area contributed by atoms with Gasteiger partial charge in [-0.2, -0.15) is 0 Å². The summed E-state index contributed by atoms with van der Waals surface area (Å²) in [5, 5.41) is 3.65. The van der Waals surface area contributed by atoms with E-state index in [0.29, 0.717) is 35.4 Å². The monoisotopic (exact) mass is 412 g/mol. The summed E-state index contributed by atoms with van der Waals surface area (Å²) in [4.78, 5) is 26.7. The smallest absolute Gasteiger partial charge is 0.251 e. The van der Waals surface area contributed by atoms with E-state index >= 15 is 0 Å². The van der Waals surface area contributed by atoms with Crippen LogP contribution in [0.1, 0.15) is 41.6 Å². The van der Waals surface area contributed by atoms with E-state index in [-0.39, 0.29) is 17.9 Å². The first-order valence-corrected chi connectivity index (χ1v) is 10.5. The fourth-order valence-electron chi connectivity index (χ4n) is 3.61. The quantitative estimate of drug-likeness (QED) is 0.751. The summed E-state index contributed by atoms with van der Waals surface area (Å²) in [5.41, 5.74) is 1.61. The summed E-state index contributed by atoms with van der Waals surface area (Å²) < 4.78 is 5.92. The molecule has 0 radical (unpaired) electrons. The summed E-state index contributed by atoms with van der Waals surface area (Å²) >= 11 is 5.92. The molecular formula is C23H25ClN2O3. The molecule has 0 aromatic heterocycles. The van der Waals surface area contributed by atoms with Gasteiger partial charge in [0.1, 0.15) is 12.4 Å². The van der Waals surface area contributed by atoms with Crippen LogP contribution in [-0.2, 0) is 11.2 Å². The second kappa shape index (κ2) is 8.87. The molecule has 0 unspecified atom stereocenters. The Labute approximate surface area is 176 Å². The van der Waals surface area contributed by atoms with Crippen molar-refractivity contribution >= 4 is 23.4 Å². The van der Waals surface area contributed by atoms with E-state index < -0.39 is 0 Å². The van der Waals surface area contributed by atoms with Crippen molar-refractivity contribution in [2.45, 2.75) is 44.2 Å². The second-order valence-electron chi connectivity index (χ2n) is 7.77. The number of hydrogen-bond donors (Lipinski definition) is 1. The van der Waals surface area contributed by atoms with Crippen molar-refractivity contribution in [1.82, 2.24) is 10.2 Å². The van der Waals surface area contributed by atoms with E-state index in [1.165, 1.54) is 0 Å². The zero-order valence-corrected chi connectivity index (χ0v) is 17.0. The lowest BCUT2D eigenvalue weighted by atomic mass is 10.1. The minimum absolute atomic E-state index is 0.0335. The minimum Gasteiger partial charge on any atom is -0.491 e. The fraction of sp³-hybridized carbons (Fsp3) is 0.391. The number of nitrogens with one attached hydrogen (secondary N) is 1. The normalized spacial score (nSPS) is 18.5. The maximum atomic E-state index is 12.7. The van der Waals surface area contributed by atoms with Gasteiger partial charge in [-0.1, -0.05) is 23.7 Å². The summed E-state index contributed by atoms with van der Waals surface area (Å²) in [5.74, 6) is 0.796. The van der Waals surface area contributed by atoms with Crippen molar-refractivity contribution in [2.24, 2.45) is 0 Å². The zero-order valence-electron chi connectivity index (χ0n) is 16.3. The van der Waals surface area contributed by atoms with E-state index in [9.17, 15) is 9.59 Å². The highest BCUT2D eigenvalue weighted by molar-refractivity contribution is 6.30. The van der Waals surface area contributed by atoms with Gasteiger partial charge in [0, 0.05) is 23.2 Å². The SMILES string of the molecule is O=C(NC1CC1)c1ccc(OC[C@H]2CCCN2C(=O)Cc2ccc(Cl)cc2)cc1. The Hall–Kier alpha value is -2.53. The van der Waals surface area contributed by atoms with Crippen molar-refractivity contribution in [3.8, 4) is 5.75 Å². The van der Waals surface area contributed by atoms with Gasteiger partial charge in [0.2, 0.25) is 5.91 Å². The number of benzene rings is 2. The van der Waals surface area contributed by atoms with E-state index in [1.807, 2.05) is 41.3 Å². The number of halogens is 1. The van der Waals surface area contributed by atoms with Gasteiger partial charge in [-0.15, -0.1) is 0 Å². The summed E-state index contributed by atoms with van der Waals surface area (Å²) in [7, 11) is 0. The largest absolute Gasteiger partial charge is 0.491 e. The highest BCUT2D eigenvalue weighted by Gasteiger charge is 2.29. The molecule has 2 amide bonds. The molecule has 0 spiro atoms. The highest BCUT2D eigenvalue weighted by atomic mass is 35.5. The predicted octanol–water partition coefficient (Wildman–Crippen LogP) is 3.84. The molecule has 5 nitrogen and oxygen atoms in total. The Kier molecular flexibility index (Phi) is 6.05. The Balaban J connectivity index is 1.29. The van der Waals surface area contributed by atoms with Crippen molar-refractivity contribution in [3.63, 3.8) is 0 Å². The van der Waals surface area contributed by atoms with Crippen molar-refractivity contribution in [1.29, 1.82) is 0 Å². The van der Waals surface area contributed by atoms with Crippen molar-refractivity contribution in [3.05, 3.63) is 64.7 Å². The van der Waals surface area contributed by atoms with E-state index in [0.717, 1.165) is 37.8 Å². The number of likely N-dealkylation sites (tertiary alicyclic amines) is 1. The van der Waals surface area contributed by atoms with Gasteiger partial charge in [-0.25, -0.2) is 0 Å². The molecule has 4 rings (SSSR count). The third kappa shape index (κ3) is 5.30. The number of ether oxygens (including phenoxy) is 1. The molecule has 6 heteroatoms. The summed E-state index contributed by atoms with van der Waals surface area (Å²) in [6.07, 6.45) is 4.44. The number of hydrogen-bond acceptors (Lipinski definition) is 3. The molecule has 1 atom stereocenters. The predicted molar refractivity (Wildman–Crippen MR) is 112 cm³/mol. The molecule has 1 saturated carbocycles. The van der Waals surface area contributed by atoms with Gasteiger partial charge in [0.25, 0.3) is 5.91 Å². The third-order valence-corrected chi connectivity index (χ3v) is 5.69. The average Bonchev–Trinajstić information content (AvgIpc) is 3.41. The molecule has 2 aromatic rings. The topological polar surface area (TPSA) is 58.6 Å². The first kappa shape index (κ1) is 19.8. The molecule has 1 N–H and O–H groups in total. The van der Waals surface area contributed by atoms with Gasteiger partial charge in [0.15, 0.2) is 0 Å². The lowest BCUT2D eigenvalue weighted by molar-refractivity contribution is -0.131. The first-order chi connectivity index (χ1) is 14.1. The Morgan fingerprint density at radius 2 is 1.76 bits per heavy atom. The standard InChI is InChI=1S/C23H25ClN2O3/c24-18-7-3-16(4-8-18)14-22(27)26-13-1-2-20(26)15-29-21-11-5-17(6-12-21)23(28)25-19-9-10-19/h3-8,11-12,19-20H,1-2,9-10,13-15H2,(H,25,28)/t20-/m1/s1. The van der Waals surface area contributed by atoms with Gasteiger partial charge in [-0.3, -0.25) is 9.59 Å². The lowest BCUT2D eigenvalue weighted by Gasteiger charge is -2.25. The molecule has 2 aromatic carbocycles. The molecular weight excluding hydrogens is 388 g/mol. The zero-order chi connectivity index (χ0) is 20.2. The van der Waals surface area contributed by atoms with Crippen LogP contribution < -0.4 is 10.1 Å². The van der Waals surface area contributed by atoms with Crippen LogP contribution in [0.3, 0.4) is 0 Å². The maximum Gasteiger partial charge on any atom is 0.251 e. The molecule has 152 valence electrons. The number of nitrogens with zero attached hydrogens (tertiary/aromatic N) is 1. The van der Waals surface area contributed by atoms with Crippen LogP contribution in [0.4, 0.5) is 0 Å². The van der Waals surface area contributed by atoms with Crippen LogP contribution in [0.15, 0.2) is 48.5 Å². The molecule has 29 heavy (non-hydrogen) atoms. The van der Waals surface area contributed by atoms with Gasteiger partial charge in [0.05, 0.1) is 12.5 Å². The van der Waals surface area contributed by atoms with E-state index in [4.69, 9.17) is 16.3 Å². The molecule has 0 bridgehead atoms. The van der Waals surface area contributed by atoms with Crippen LogP contribution in [0.2, 0.25) is 5.02 Å². The highest BCUT2D eigenvalue weighted by Crippen LogP contribution is 2.22. The summed E-state index contributed by atoms with van der Waals surface area (Å²) in [6.45, 7) is 1.22. The van der Waals surface area contributed by atoms with E-state index in [2.05, 4.69) is 5.32 Å². The Bertz CT molecular complexity index is 863. The molecule has 2 aliphatic rings. The fourth-order valence-corrected chi connectivity index (χ4v) is 3.73. The first-order valence-electron chi connectivity index (χ1n) is 10.2. The number of rotatable bonds is 7. The number of amides is 2. The van der Waals surface area contributed by atoms with Gasteiger partial charge >= 0.3 is 0 Å². The average molecular weight is 413 g/mol. The number of carbonyl (C=O) groups is 2. The van der Waals surface area contributed by atoms with E-state index in [1.54, 1.807) is 12.1 Å². The van der Waals surface area contributed by atoms with Gasteiger partial charge in [-0.05, 0) is 67.6 Å². The lowest BCUT2D eigenvalue weighted by Crippen LogP contribution is -2.39. The minimum atomic E-state index is -0.0335. The maximum absolute atomic E-state index is 12.7. The second-order valence-corrected chi connectivity index (χ2v) is 8.21. The van der Waals surface area contributed by atoms with Crippen LogP contribution in [0, 0.1) is 0 Å². The molecule has 1 heterocycles. The van der Waals surface area contributed by atoms with Crippen LogP contribution in [-0.4, -0.2) is 41.9 Å². The van der Waals surface area contributed by atoms with Crippen LogP contribution in [0.5, 0.6) is 5.75 Å². The van der Waals surface area contributed by atoms with Crippen LogP contribution >= 0.6 is 11.6 Å². The Morgan fingerprint density at radius 1 is 1.03 bits per heavy atom. The molecule has 1 saturated heterocycles. The molecule has 1 aliphatic heterocycles. The van der Waals surface area contributed by atoms with Crippen molar-refractivity contribution in [2.75, 3.05) is 13.2 Å². The number of carbonyl (C=O) groups excluding carboxylic acids is 2. The summed E-state index contributed by atoms with van der Waals surface area (Å²) in [6, 6.07) is 15.0. The molecule has 2 fully saturated rings. The Morgan fingerprint density at radius 3 is 2.45 bits per heavy atom. The molecule has 1 aliphatic carbocycles. The van der Waals surface area contributed by atoms with Gasteiger partial charge < -0.3 is 15.0 Å². The van der Waals surface area contributed by atoms with Crippen molar-refractivity contribution < 1.29 is 14.3 Å².